The molecule has 0 saturated heterocycles. The molecule has 0 saturated carbocycles. The molecule has 22 heavy (non-hydrogen) atoms. The Morgan fingerprint density at radius 2 is 1.68 bits per heavy atom. The number of hydrogen-bond donors (Lipinski definition) is 1. The van der Waals surface area contributed by atoms with Crippen LogP contribution in [0.25, 0.3) is 11.0 Å². The van der Waals surface area contributed by atoms with Crippen LogP contribution in [0.1, 0.15) is 13.3 Å². The van der Waals surface area contributed by atoms with E-state index in [0.717, 1.165) is 40.4 Å². The minimum absolute atomic E-state index is 0.758. The highest BCUT2D eigenvalue weighted by atomic mass is 32.2. The molecule has 0 spiro atoms. The van der Waals surface area contributed by atoms with Crippen molar-refractivity contribution >= 4 is 28.7 Å². The third-order valence-electron chi connectivity index (χ3n) is 3.03. The number of aromatic nitrogens is 2. The summed E-state index contributed by atoms with van der Waals surface area (Å²) in [5.74, 6) is 2.65. The van der Waals surface area contributed by atoms with Crippen molar-refractivity contribution < 1.29 is 4.74 Å². The van der Waals surface area contributed by atoms with Gasteiger partial charge in [0.2, 0.25) is 0 Å². The fraction of sp³-hybridized carbons (Fsp3) is 0.176. The van der Waals surface area contributed by atoms with Crippen LogP contribution in [0.5, 0.6) is 11.5 Å². The third kappa shape index (κ3) is 3.68. The minimum atomic E-state index is 0.758. The Balaban J connectivity index is 1.68. The molecule has 0 atom stereocenters. The van der Waals surface area contributed by atoms with Crippen LogP contribution in [0, 0.1) is 0 Å². The Bertz CT molecular complexity index is 746. The molecular weight excluding hydrogens is 294 g/mol. The third-order valence-corrected chi connectivity index (χ3v) is 4.02. The highest BCUT2D eigenvalue weighted by Crippen LogP contribution is 2.25. The predicted octanol–water partition coefficient (Wildman–Crippen LogP) is 4.89. The summed E-state index contributed by atoms with van der Waals surface area (Å²) in [6, 6.07) is 13.6. The van der Waals surface area contributed by atoms with Crippen LogP contribution in [0.4, 0.5) is 5.69 Å². The minimum Gasteiger partial charge on any atom is -0.457 e. The number of fused-ring (bicyclic) bond motifs is 1. The van der Waals surface area contributed by atoms with Crippen molar-refractivity contribution in [1.29, 1.82) is 0 Å². The molecular formula is C17H17N3OS. The average Bonchev–Trinajstić information content (AvgIpc) is 2.57. The van der Waals surface area contributed by atoms with E-state index >= 15 is 0 Å². The summed E-state index contributed by atoms with van der Waals surface area (Å²) >= 11 is 1.71. The molecule has 1 N–H and O–H groups in total. The maximum atomic E-state index is 5.86. The Kier molecular flexibility index (Phi) is 4.75. The monoisotopic (exact) mass is 311 g/mol. The first kappa shape index (κ1) is 14.7. The molecule has 2 aromatic carbocycles. The maximum Gasteiger partial charge on any atom is 0.129 e. The van der Waals surface area contributed by atoms with Crippen molar-refractivity contribution in [2.24, 2.45) is 0 Å². The standard InChI is InChI=1S/C17H17N3OS/c1-2-11-22-20-13-3-5-14(6-4-13)21-15-7-8-16-17(12-15)19-10-9-18-16/h3-10,12,20H,2,11H2,1H3. The van der Waals surface area contributed by atoms with Gasteiger partial charge in [0.05, 0.1) is 11.0 Å². The molecule has 0 aliphatic rings. The lowest BCUT2D eigenvalue weighted by atomic mass is 10.2. The molecule has 0 unspecified atom stereocenters. The molecule has 112 valence electrons. The van der Waals surface area contributed by atoms with Crippen molar-refractivity contribution in [2.75, 3.05) is 10.5 Å². The smallest absolute Gasteiger partial charge is 0.129 e. The topological polar surface area (TPSA) is 47.0 Å². The summed E-state index contributed by atoms with van der Waals surface area (Å²) in [7, 11) is 0. The quantitative estimate of drug-likeness (QED) is 0.518. The molecule has 1 aromatic heterocycles. The van der Waals surface area contributed by atoms with E-state index in [4.69, 9.17) is 4.74 Å². The van der Waals surface area contributed by atoms with Gasteiger partial charge in [-0.05, 0) is 42.8 Å². The van der Waals surface area contributed by atoms with Gasteiger partial charge in [0.15, 0.2) is 0 Å². The van der Waals surface area contributed by atoms with E-state index in [9.17, 15) is 0 Å². The highest BCUT2D eigenvalue weighted by molar-refractivity contribution is 8.00. The summed E-state index contributed by atoms with van der Waals surface area (Å²) in [5, 5.41) is 0. The fourth-order valence-electron chi connectivity index (χ4n) is 1.97. The molecule has 3 aromatic rings. The number of nitrogens with one attached hydrogen (secondary N) is 1. The Morgan fingerprint density at radius 1 is 0.955 bits per heavy atom. The molecule has 0 amide bonds. The summed E-state index contributed by atoms with van der Waals surface area (Å²) in [5.41, 5.74) is 2.77. The molecule has 0 radical (unpaired) electrons. The second-order valence-electron chi connectivity index (χ2n) is 4.78. The van der Waals surface area contributed by atoms with Crippen molar-refractivity contribution in [1.82, 2.24) is 9.97 Å². The van der Waals surface area contributed by atoms with E-state index in [0.29, 0.717) is 0 Å². The van der Waals surface area contributed by atoms with E-state index < -0.39 is 0 Å². The number of benzene rings is 2. The van der Waals surface area contributed by atoms with Gasteiger partial charge in [0.1, 0.15) is 11.5 Å². The lowest BCUT2D eigenvalue weighted by Gasteiger charge is -2.08. The number of rotatable bonds is 6. The number of ether oxygens (including phenoxy) is 1. The molecule has 3 rings (SSSR count). The maximum absolute atomic E-state index is 5.86. The zero-order valence-corrected chi connectivity index (χ0v) is 13.1. The van der Waals surface area contributed by atoms with Crippen molar-refractivity contribution in [2.45, 2.75) is 13.3 Å². The van der Waals surface area contributed by atoms with Crippen molar-refractivity contribution in [3.05, 3.63) is 54.9 Å². The van der Waals surface area contributed by atoms with Gasteiger partial charge in [-0.1, -0.05) is 18.9 Å². The van der Waals surface area contributed by atoms with Crippen LogP contribution >= 0.6 is 11.9 Å². The van der Waals surface area contributed by atoms with E-state index in [1.807, 2.05) is 42.5 Å². The van der Waals surface area contributed by atoms with Crippen LogP contribution in [-0.4, -0.2) is 15.7 Å². The first-order valence-electron chi connectivity index (χ1n) is 7.21. The molecule has 0 bridgehead atoms. The van der Waals surface area contributed by atoms with E-state index in [-0.39, 0.29) is 0 Å². The molecule has 5 heteroatoms. The van der Waals surface area contributed by atoms with Crippen LogP contribution in [0.15, 0.2) is 54.9 Å². The number of hydrogen-bond acceptors (Lipinski definition) is 5. The molecule has 0 fully saturated rings. The first-order valence-corrected chi connectivity index (χ1v) is 8.20. The highest BCUT2D eigenvalue weighted by Gasteiger charge is 2.01. The van der Waals surface area contributed by atoms with Crippen LogP contribution in [0.2, 0.25) is 0 Å². The van der Waals surface area contributed by atoms with Gasteiger partial charge in [-0.25, -0.2) is 0 Å². The largest absolute Gasteiger partial charge is 0.457 e. The summed E-state index contributed by atoms with van der Waals surface area (Å²) in [6.45, 7) is 2.17. The zero-order valence-electron chi connectivity index (χ0n) is 12.3. The summed E-state index contributed by atoms with van der Waals surface area (Å²) in [6.07, 6.45) is 4.52. The van der Waals surface area contributed by atoms with E-state index in [1.165, 1.54) is 0 Å². The second kappa shape index (κ2) is 7.13. The van der Waals surface area contributed by atoms with Gasteiger partial charge in [0.25, 0.3) is 0 Å². The molecule has 1 heterocycles. The number of nitrogens with zero attached hydrogens (tertiary/aromatic N) is 2. The Morgan fingerprint density at radius 3 is 2.45 bits per heavy atom. The van der Waals surface area contributed by atoms with Crippen LogP contribution < -0.4 is 9.46 Å². The normalized spacial score (nSPS) is 10.6. The van der Waals surface area contributed by atoms with Gasteiger partial charge in [-0.15, -0.1) is 0 Å². The lowest BCUT2D eigenvalue weighted by Crippen LogP contribution is -1.89. The van der Waals surface area contributed by atoms with Crippen molar-refractivity contribution in [3.8, 4) is 11.5 Å². The summed E-state index contributed by atoms with van der Waals surface area (Å²) < 4.78 is 9.17. The predicted molar refractivity (Wildman–Crippen MR) is 92.4 cm³/mol. The number of anilines is 1. The van der Waals surface area contributed by atoms with Crippen LogP contribution in [0.3, 0.4) is 0 Å². The van der Waals surface area contributed by atoms with Gasteiger partial charge in [0, 0.05) is 29.9 Å². The van der Waals surface area contributed by atoms with E-state index in [1.54, 1.807) is 24.3 Å². The first-order chi connectivity index (χ1) is 10.8. The van der Waals surface area contributed by atoms with Gasteiger partial charge in [-0.2, -0.15) is 0 Å². The van der Waals surface area contributed by atoms with Crippen molar-refractivity contribution in [3.63, 3.8) is 0 Å². The fourth-order valence-corrected chi connectivity index (χ4v) is 2.58. The van der Waals surface area contributed by atoms with Gasteiger partial charge < -0.3 is 9.46 Å². The molecule has 0 aliphatic carbocycles. The molecule has 4 nitrogen and oxygen atoms in total. The zero-order chi connectivity index (χ0) is 15.2. The Labute approximate surface area is 134 Å². The summed E-state index contributed by atoms with van der Waals surface area (Å²) in [4.78, 5) is 8.53. The Hall–Kier alpha value is -2.27. The van der Waals surface area contributed by atoms with E-state index in [2.05, 4.69) is 21.6 Å². The van der Waals surface area contributed by atoms with Gasteiger partial charge in [-0.3, -0.25) is 9.97 Å². The van der Waals surface area contributed by atoms with Crippen LogP contribution in [-0.2, 0) is 0 Å². The molecule has 0 aliphatic heterocycles. The van der Waals surface area contributed by atoms with Gasteiger partial charge >= 0.3 is 0 Å². The SMILES string of the molecule is CCCSNc1ccc(Oc2ccc3nccnc3c2)cc1. The average molecular weight is 311 g/mol. The second-order valence-corrected chi connectivity index (χ2v) is 5.68. The lowest BCUT2D eigenvalue weighted by molar-refractivity contribution is 0.483.